The number of carbonyl (C=O) groups excluding carboxylic acids is 2. The standard InChI is InChI=1S/C17H20F2N2O4/c1-4-9-21-10(2)13(15(22)24-3)14(20-17(21)23)11-7-5-6-8-12(11)25-16(18)19/h5-8,14,16H,4,9H2,1-3H3,(H,20,23). The van der Waals surface area contributed by atoms with Gasteiger partial charge in [-0.25, -0.2) is 9.59 Å². The van der Waals surface area contributed by atoms with Gasteiger partial charge in [-0.3, -0.25) is 4.90 Å². The van der Waals surface area contributed by atoms with Crippen LogP contribution in [0.5, 0.6) is 5.75 Å². The highest BCUT2D eigenvalue weighted by molar-refractivity contribution is 5.95. The molecule has 1 aromatic rings. The summed E-state index contributed by atoms with van der Waals surface area (Å²) in [5, 5.41) is 2.68. The summed E-state index contributed by atoms with van der Waals surface area (Å²) < 4.78 is 34.7. The number of allylic oxidation sites excluding steroid dienone is 1. The van der Waals surface area contributed by atoms with Crippen LogP contribution in [0.4, 0.5) is 13.6 Å². The number of urea groups is 1. The molecule has 0 bridgehead atoms. The van der Waals surface area contributed by atoms with Gasteiger partial charge in [-0.15, -0.1) is 0 Å². The summed E-state index contributed by atoms with van der Waals surface area (Å²) in [6, 6.07) is 4.67. The van der Waals surface area contributed by atoms with E-state index in [-0.39, 0.29) is 16.9 Å². The summed E-state index contributed by atoms with van der Waals surface area (Å²) in [6.45, 7) is 0.921. The minimum atomic E-state index is -3.02. The summed E-state index contributed by atoms with van der Waals surface area (Å²) in [5.41, 5.74) is 0.863. The summed E-state index contributed by atoms with van der Waals surface area (Å²) in [7, 11) is 1.22. The van der Waals surface area contributed by atoms with Gasteiger partial charge in [-0.1, -0.05) is 25.1 Å². The van der Waals surface area contributed by atoms with E-state index in [1.807, 2.05) is 6.92 Å². The van der Waals surface area contributed by atoms with Crippen LogP contribution in [0.25, 0.3) is 0 Å². The van der Waals surface area contributed by atoms with E-state index in [0.29, 0.717) is 18.7 Å². The fourth-order valence-electron chi connectivity index (χ4n) is 2.80. The monoisotopic (exact) mass is 354 g/mol. The number of rotatable bonds is 6. The largest absolute Gasteiger partial charge is 0.466 e. The molecule has 0 radical (unpaired) electrons. The van der Waals surface area contributed by atoms with E-state index in [0.717, 1.165) is 0 Å². The molecule has 2 amide bonds. The lowest BCUT2D eigenvalue weighted by atomic mass is 9.94. The van der Waals surface area contributed by atoms with Crippen LogP contribution in [0.3, 0.4) is 0 Å². The number of nitrogens with zero attached hydrogens (tertiary/aromatic N) is 1. The van der Waals surface area contributed by atoms with E-state index in [1.54, 1.807) is 13.0 Å². The number of nitrogens with one attached hydrogen (secondary N) is 1. The van der Waals surface area contributed by atoms with Gasteiger partial charge in [0.05, 0.1) is 18.7 Å². The molecule has 1 unspecified atom stereocenters. The Morgan fingerprint density at radius 1 is 1.36 bits per heavy atom. The highest BCUT2D eigenvalue weighted by atomic mass is 19.3. The first kappa shape index (κ1) is 18.7. The number of carbonyl (C=O) groups is 2. The predicted octanol–water partition coefficient (Wildman–Crippen LogP) is 3.21. The van der Waals surface area contributed by atoms with Crippen molar-refractivity contribution in [1.82, 2.24) is 10.2 Å². The molecule has 2 rings (SSSR count). The highest BCUT2D eigenvalue weighted by Gasteiger charge is 2.37. The van der Waals surface area contributed by atoms with E-state index in [1.165, 1.54) is 30.2 Å². The fraction of sp³-hybridized carbons (Fsp3) is 0.412. The number of para-hydroxylation sites is 1. The Bertz CT molecular complexity index is 691. The van der Waals surface area contributed by atoms with Crippen LogP contribution in [0, 0.1) is 0 Å². The van der Waals surface area contributed by atoms with E-state index in [9.17, 15) is 18.4 Å². The number of methoxy groups -OCH3 is 1. The van der Waals surface area contributed by atoms with Gasteiger partial charge in [0.2, 0.25) is 0 Å². The van der Waals surface area contributed by atoms with E-state index >= 15 is 0 Å². The van der Waals surface area contributed by atoms with Gasteiger partial charge in [0.25, 0.3) is 0 Å². The molecule has 0 aliphatic carbocycles. The average Bonchev–Trinajstić information content (AvgIpc) is 2.57. The topological polar surface area (TPSA) is 67.9 Å². The number of ether oxygens (including phenoxy) is 2. The Labute approximate surface area is 144 Å². The second-order valence-corrected chi connectivity index (χ2v) is 5.44. The van der Waals surface area contributed by atoms with Crippen molar-refractivity contribution in [3.8, 4) is 5.75 Å². The summed E-state index contributed by atoms with van der Waals surface area (Å²) in [5.74, 6) is -0.753. The molecule has 25 heavy (non-hydrogen) atoms. The van der Waals surface area contributed by atoms with Crippen LogP contribution in [0.2, 0.25) is 0 Å². The number of hydrogen-bond donors (Lipinski definition) is 1. The quantitative estimate of drug-likeness (QED) is 0.797. The predicted molar refractivity (Wildman–Crippen MR) is 86.1 cm³/mol. The molecule has 1 N–H and O–H groups in total. The first-order valence-electron chi connectivity index (χ1n) is 7.81. The van der Waals surface area contributed by atoms with Gasteiger partial charge in [-0.2, -0.15) is 8.78 Å². The lowest BCUT2D eigenvalue weighted by Crippen LogP contribution is -2.48. The van der Waals surface area contributed by atoms with Gasteiger partial charge < -0.3 is 14.8 Å². The molecule has 0 saturated carbocycles. The highest BCUT2D eigenvalue weighted by Crippen LogP contribution is 2.36. The number of amides is 2. The summed E-state index contributed by atoms with van der Waals surface area (Å²) >= 11 is 0. The SMILES string of the molecule is CCCN1C(=O)NC(c2ccccc2OC(F)F)C(C(=O)OC)=C1C. The molecule has 1 aliphatic heterocycles. The van der Waals surface area contributed by atoms with Gasteiger partial charge >= 0.3 is 18.6 Å². The Morgan fingerprint density at radius 3 is 2.64 bits per heavy atom. The molecule has 8 heteroatoms. The minimum Gasteiger partial charge on any atom is -0.466 e. The Balaban J connectivity index is 2.56. The fourth-order valence-corrected chi connectivity index (χ4v) is 2.80. The minimum absolute atomic E-state index is 0.110. The van der Waals surface area contributed by atoms with Gasteiger partial charge in [0.1, 0.15) is 5.75 Å². The van der Waals surface area contributed by atoms with E-state index in [4.69, 9.17) is 4.74 Å². The van der Waals surface area contributed by atoms with Gasteiger partial charge in [0.15, 0.2) is 0 Å². The molecule has 0 saturated heterocycles. The lowest BCUT2D eigenvalue weighted by Gasteiger charge is -2.35. The van der Waals surface area contributed by atoms with Crippen molar-refractivity contribution in [2.24, 2.45) is 0 Å². The molecule has 1 heterocycles. The van der Waals surface area contributed by atoms with Crippen molar-refractivity contribution in [3.63, 3.8) is 0 Å². The Morgan fingerprint density at radius 2 is 2.04 bits per heavy atom. The molecule has 6 nitrogen and oxygen atoms in total. The number of esters is 1. The zero-order valence-corrected chi connectivity index (χ0v) is 14.2. The van der Waals surface area contributed by atoms with Crippen LogP contribution in [0.1, 0.15) is 31.9 Å². The van der Waals surface area contributed by atoms with Gasteiger partial charge in [-0.05, 0) is 19.4 Å². The number of hydrogen-bond acceptors (Lipinski definition) is 4. The van der Waals surface area contributed by atoms with Crippen molar-refractivity contribution >= 4 is 12.0 Å². The molecule has 0 aromatic heterocycles. The maximum atomic E-state index is 12.7. The third-order valence-corrected chi connectivity index (χ3v) is 3.89. The first-order valence-corrected chi connectivity index (χ1v) is 7.81. The number of alkyl halides is 2. The van der Waals surface area contributed by atoms with Crippen molar-refractivity contribution in [3.05, 3.63) is 41.1 Å². The van der Waals surface area contributed by atoms with Crippen molar-refractivity contribution in [1.29, 1.82) is 0 Å². The maximum absolute atomic E-state index is 12.7. The smallest absolute Gasteiger partial charge is 0.387 e. The third-order valence-electron chi connectivity index (χ3n) is 3.89. The molecule has 0 fully saturated rings. The normalized spacial score (nSPS) is 17.6. The second-order valence-electron chi connectivity index (χ2n) is 5.44. The maximum Gasteiger partial charge on any atom is 0.387 e. The Hall–Kier alpha value is -2.64. The number of halogens is 2. The molecular weight excluding hydrogens is 334 g/mol. The first-order chi connectivity index (χ1) is 11.9. The molecule has 1 atom stereocenters. The molecule has 0 spiro atoms. The van der Waals surface area contributed by atoms with Crippen molar-refractivity contribution in [2.75, 3.05) is 13.7 Å². The van der Waals surface area contributed by atoms with Crippen LogP contribution >= 0.6 is 0 Å². The lowest BCUT2D eigenvalue weighted by molar-refractivity contribution is -0.136. The van der Waals surface area contributed by atoms with Crippen LogP contribution in [-0.4, -0.2) is 37.2 Å². The second kappa shape index (κ2) is 7.96. The van der Waals surface area contributed by atoms with E-state index < -0.39 is 24.7 Å². The van der Waals surface area contributed by atoms with Crippen LogP contribution in [0.15, 0.2) is 35.5 Å². The Kier molecular flexibility index (Phi) is 5.95. The molecule has 1 aromatic carbocycles. The third kappa shape index (κ3) is 3.89. The molecular formula is C17H20F2N2O4. The summed E-state index contributed by atoms with van der Waals surface area (Å²) in [6.07, 6.45) is 0.689. The van der Waals surface area contributed by atoms with E-state index in [2.05, 4.69) is 10.1 Å². The zero-order valence-electron chi connectivity index (χ0n) is 14.2. The average molecular weight is 354 g/mol. The number of benzene rings is 1. The molecule has 136 valence electrons. The molecule has 1 aliphatic rings. The van der Waals surface area contributed by atoms with Crippen LogP contribution in [-0.2, 0) is 9.53 Å². The zero-order chi connectivity index (χ0) is 18.6. The van der Waals surface area contributed by atoms with Crippen molar-refractivity contribution < 1.29 is 27.8 Å². The van der Waals surface area contributed by atoms with Crippen molar-refractivity contribution in [2.45, 2.75) is 32.9 Å². The summed E-state index contributed by atoms with van der Waals surface area (Å²) in [4.78, 5) is 26.1. The van der Waals surface area contributed by atoms with Gasteiger partial charge in [0, 0.05) is 17.8 Å². The van der Waals surface area contributed by atoms with Crippen LogP contribution < -0.4 is 10.1 Å².